The number of aliphatic hydroxyl groups excluding tert-OH is 4. The van der Waals surface area contributed by atoms with Gasteiger partial charge in [0, 0.05) is 61.1 Å². The van der Waals surface area contributed by atoms with Gasteiger partial charge in [-0.2, -0.15) is 0 Å². The third kappa shape index (κ3) is 22.6. The first kappa shape index (κ1) is 98.8. The number of cyclic esters (lactones) is 2. The van der Waals surface area contributed by atoms with Crippen molar-refractivity contribution in [3.63, 3.8) is 0 Å². The van der Waals surface area contributed by atoms with Gasteiger partial charge in [0.25, 0.3) is 0 Å². The van der Waals surface area contributed by atoms with Crippen LogP contribution in [-0.2, 0) is 63.7 Å². The Balaban J connectivity index is 0.000000150. The predicted octanol–water partition coefficient (Wildman–Crippen LogP) is 12.0. The van der Waals surface area contributed by atoms with Crippen LogP contribution in [-0.4, -0.2) is 218 Å². The van der Waals surface area contributed by atoms with E-state index >= 15 is 0 Å². The largest absolute Gasteiger partial charge is 0.504 e. The third-order valence-electron chi connectivity index (χ3n) is 25.2. The van der Waals surface area contributed by atoms with E-state index in [1.165, 1.54) is 107 Å². The number of methoxy groups -OCH3 is 10. The number of carbonyl (C=O) groups is 2. The number of benzene rings is 10. The van der Waals surface area contributed by atoms with Gasteiger partial charge in [0.05, 0.1) is 153 Å². The van der Waals surface area contributed by atoms with Crippen LogP contribution in [0.15, 0.2) is 182 Å². The van der Waals surface area contributed by atoms with Crippen LogP contribution in [0.4, 0.5) is 0 Å². The number of phenolic OH excluding ortho intramolecular Hbond substituents is 10. The van der Waals surface area contributed by atoms with Crippen molar-refractivity contribution in [2.24, 2.45) is 53.3 Å². The van der Waals surface area contributed by atoms with Crippen LogP contribution in [0.5, 0.6) is 115 Å². The third-order valence-corrected chi connectivity index (χ3v) is 25.2. The summed E-state index contributed by atoms with van der Waals surface area (Å²) in [6.07, 6.45) is -1.33. The van der Waals surface area contributed by atoms with Gasteiger partial charge in [-0.15, -0.1) is 0 Å². The highest BCUT2D eigenvalue weighted by atomic mass is 16.6. The van der Waals surface area contributed by atoms with E-state index in [2.05, 4.69) is 0 Å². The number of phenols is 10. The normalized spacial score (nSPS) is 22.9. The Morgan fingerprint density at radius 2 is 0.632 bits per heavy atom. The summed E-state index contributed by atoms with van der Waals surface area (Å²) in [5.74, 6) is 1.09. The van der Waals surface area contributed by atoms with E-state index in [0.29, 0.717) is 96.0 Å². The second kappa shape index (κ2) is 44.8. The number of fused-ring (bicyclic) bond motifs is 1. The molecular weight excluding hydrogens is 1730 g/mol. The van der Waals surface area contributed by atoms with Crippen LogP contribution >= 0.6 is 0 Å². The number of hydrogen-bond donors (Lipinski definition) is 15. The Labute approximate surface area is 768 Å². The summed E-state index contributed by atoms with van der Waals surface area (Å²) >= 11 is 0. The van der Waals surface area contributed by atoms with Crippen LogP contribution in [0.2, 0.25) is 0 Å². The van der Waals surface area contributed by atoms with Crippen molar-refractivity contribution in [2.45, 2.75) is 67.9 Å². The molecule has 0 bridgehead atoms. The fraction of sp³-hybridized carbons (Fsp3) is 0.380. The van der Waals surface area contributed by atoms with Crippen LogP contribution < -0.4 is 47.4 Å². The Kier molecular flexibility index (Phi) is 33.3. The minimum Gasteiger partial charge on any atom is -0.504 e. The van der Waals surface area contributed by atoms with Gasteiger partial charge in [-0.25, -0.2) is 4.79 Å². The van der Waals surface area contributed by atoms with E-state index in [-0.39, 0.29) is 174 Å². The Morgan fingerprint density at radius 3 is 1.02 bits per heavy atom. The summed E-state index contributed by atoms with van der Waals surface area (Å²) in [5, 5.41) is 150. The zero-order valence-electron chi connectivity index (χ0n) is 75.0. The van der Waals surface area contributed by atoms with Crippen molar-refractivity contribution in [1.82, 2.24) is 0 Å². The minimum atomic E-state index is -1.70. The van der Waals surface area contributed by atoms with Gasteiger partial charge >= 0.3 is 11.9 Å². The van der Waals surface area contributed by atoms with Crippen molar-refractivity contribution < 1.29 is 162 Å². The first-order valence-electron chi connectivity index (χ1n) is 42.8. The maximum atomic E-state index is 12.3. The molecule has 133 heavy (non-hydrogen) atoms. The molecule has 10 aromatic rings. The number of aromatic hydroxyl groups is 10. The molecule has 16 atom stereocenters. The molecule has 6 saturated heterocycles. The molecule has 6 aliphatic rings. The Bertz CT molecular complexity index is 5460. The monoisotopic (exact) mass is 1840 g/mol. The molecule has 0 aliphatic carbocycles. The van der Waals surface area contributed by atoms with E-state index in [1.54, 1.807) is 115 Å². The first-order chi connectivity index (χ1) is 64.0. The summed E-state index contributed by atoms with van der Waals surface area (Å²) < 4.78 is 85.7. The summed E-state index contributed by atoms with van der Waals surface area (Å²) in [5.41, 5.74) is 6.19. The van der Waals surface area contributed by atoms with Gasteiger partial charge in [0.2, 0.25) is 0 Å². The first-order valence-corrected chi connectivity index (χ1v) is 42.8. The lowest BCUT2D eigenvalue weighted by Crippen LogP contribution is -2.44. The zero-order chi connectivity index (χ0) is 95.6. The summed E-state index contributed by atoms with van der Waals surface area (Å²) in [7, 11) is 14.7. The topological polar surface area (TPSA) is 485 Å². The summed E-state index contributed by atoms with van der Waals surface area (Å²) in [4.78, 5) is 24.5. The SMILES string of the molecule is COc1cc(C(O)[C@H]2CO[C@H](c3ccc(O)c(OC)c3)[C@H]2CO)ccc1O.COc1cc(C2OCC3C2CO[C@@H]3c2ccc(O)c(OC)c2)ccc1O.COc1cc(CC2C(=O)OC[C@@H]2C(O)c2ccc(O)c(OC)c2)ccc1O.COc1cc(C[C@H]2COC(=O)[C@]2(O)Cc2ccc(O)c(OC)c2)ccc1O.COc1cc(C[C@H]2CO[C@H](c3ccc(O)c(OC)c3)[C@H]2CO)ccc1O. The number of ether oxygens (including phenoxy) is 16. The lowest BCUT2D eigenvalue weighted by Gasteiger charge is -2.26. The van der Waals surface area contributed by atoms with Crippen LogP contribution in [0.25, 0.3) is 0 Å². The lowest BCUT2D eigenvalue weighted by molar-refractivity contribution is -0.154. The van der Waals surface area contributed by atoms with E-state index in [9.17, 15) is 86.2 Å². The molecule has 16 rings (SSSR count). The van der Waals surface area contributed by atoms with Gasteiger partial charge in [0.1, 0.15) is 0 Å². The van der Waals surface area contributed by atoms with Crippen molar-refractivity contribution in [3.05, 3.63) is 238 Å². The van der Waals surface area contributed by atoms with Crippen LogP contribution in [0.3, 0.4) is 0 Å². The molecule has 15 N–H and O–H groups in total. The van der Waals surface area contributed by atoms with Crippen molar-refractivity contribution >= 4 is 11.9 Å². The smallest absolute Gasteiger partial charge is 0.338 e. The van der Waals surface area contributed by atoms with E-state index < -0.39 is 47.6 Å². The minimum absolute atomic E-state index is 0.00621. The highest BCUT2D eigenvalue weighted by Crippen LogP contribution is 2.53. The second-order valence-corrected chi connectivity index (χ2v) is 32.9. The molecule has 0 saturated carbocycles. The van der Waals surface area contributed by atoms with Gasteiger partial charge in [-0.05, 0) is 202 Å². The number of aliphatic hydroxyl groups is 5. The number of rotatable bonds is 28. The molecule has 0 amide bonds. The van der Waals surface area contributed by atoms with Crippen molar-refractivity contribution in [2.75, 3.05) is 124 Å². The Morgan fingerprint density at radius 1 is 0.323 bits per heavy atom. The standard InChI is InChI=1S/C20H22O7.C20H24O7.C20H22O7.C20H22O6.C20H24O6/c1-25-17-8-12(3-5-15(17)21)7-14-11-27-19(23)20(14,24)10-13-4-6-16(22)18(9-13)26-2;1-25-17-7-11(3-5-15(17)22)19(24)14-10-27-20(13(14)9-21)12-4-6-16(23)18(8-12)26-2;1-25-17-8-11(3-5-15(17)21)7-13-14(10-27-20(13)24)19(23)12-4-6-16(22)18(9-12)26-2;1-23-17-7-11(3-5-15(17)21)19-13-9-26-20(14(13)10-25-19)12-4-6-16(22)18(8-12)24-2;1-24-18-8-12(3-5-16(18)22)7-14-11-26-20(15(14)10-21)13-4-6-17(23)19(9-13)25-2/h3-6,8-9,14,21-22,24H,7,10-11H2,1-2H3;3-8,13-14,19-24H,9-10H2,1-2H3;3-6,8-9,13-14,19,21-23H,7,10H2,1-2H3;3-8,13-14,19-22H,9-10H2,1-2H3;3-6,8-9,14-15,20-23H,7,10-11H2,1-2H3/t14-,20-;13-,14-,19?,20+;13?,14-,19?;13?,14?,19-,20?;14-,15-,20+/m00010/s1. The fourth-order valence-corrected chi connectivity index (χ4v) is 17.8. The van der Waals surface area contributed by atoms with Crippen molar-refractivity contribution in [1.29, 1.82) is 0 Å². The molecule has 0 spiro atoms. The highest BCUT2D eigenvalue weighted by molar-refractivity contribution is 5.82. The van der Waals surface area contributed by atoms with E-state index in [1.807, 2.05) is 30.3 Å². The molecule has 6 fully saturated rings. The predicted molar refractivity (Wildman–Crippen MR) is 479 cm³/mol. The highest BCUT2D eigenvalue weighted by Gasteiger charge is 2.52. The van der Waals surface area contributed by atoms with Crippen LogP contribution in [0, 0.1) is 53.3 Å². The van der Waals surface area contributed by atoms with Gasteiger partial charge in [-0.3, -0.25) is 4.79 Å². The lowest BCUT2D eigenvalue weighted by atomic mass is 9.81. The maximum absolute atomic E-state index is 12.3. The number of hydrogen-bond acceptors (Lipinski definition) is 33. The summed E-state index contributed by atoms with van der Waals surface area (Å²) in [6.45, 7) is 1.96. The van der Waals surface area contributed by atoms with E-state index in [4.69, 9.17) is 75.8 Å². The van der Waals surface area contributed by atoms with Crippen LogP contribution in [0.1, 0.15) is 92.3 Å². The number of carbonyl (C=O) groups excluding carboxylic acids is 2. The van der Waals surface area contributed by atoms with E-state index in [0.717, 1.165) is 38.9 Å². The van der Waals surface area contributed by atoms with Crippen molar-refractivity contribution in [3.8, 4) is 115 Å². The molecule has 10 aromatic carbocycles. The van der Waals surface area contributed by atoms with Gasteiger partial charge in [0.15, 0.2) is 121 Å². The average molecular weight is 1840 g/mol. The molecule has 6 unspecified atom stereocenters. The molecule has 33 nitrogen and oxygen atoms in total. The number of esters is 2. The Hall–Kier alpha value is -13.2. The molecule has 0 radical (unpaired) electrons. The molecular formula is C100H114O33. The van der Waals surface area contributed by atoms with Gasteiger partial charge in [-0.1, -0.05) is 60.7 Å². The molecule has 6 heterocycles. The second-order valence-electron chi connectivity index (χ2n) is 32.9. The maximum Gasteiger partial charge on any atom is 0.338 e. The molecule has 33 heteroatoms. The molecule has 0 aromatic heterocycles. The molecule has 6 aliphatic heterocycles. The fourth-order valence-electron chi connectivity index (χ4n) is 17.8. The summed E-state index contributed by atoms with van der Waals surface area (Å²) in [6, 6.07) is 49.5. The average Bonchev–Trinajstić information content (AvgIpc) is 1.60. The quantitative estimate of drug-likeness (QED) is 0.0203. The zero-order valence-corrected chi connectivity index (χ0v) is 75.0. The molecule has 712 valence electrons. The van der Waals surface area contributed by atoms with Gasteiger partial charge < -0.3 is 152 Å².